The van der Waals surface area contributed by atoms with Crippen LogP contribution in [-0.4, -0.2) is 25.5 Å². The number of aromatic nitrogens is 4. The Morgan fingerprint density at radius 2 is 1.84 bits per heavy atom. The van der Waals surface area contributed by atoms with Gasteiger partial charge in [0.25, 0.3) is 0 Å². The van der Waals surface area contributed by atoms with Crippen LogP contribution in [0.25, 0.3) is 0 Å². The summed E-state index contributed by atoms with van der Waals surface area (Å²) in [5.74, 6) is -0.109. The van der Waals surface area contributed by atoms with Gasteiger partial charge in [-0.2, -0.15) is 10.2 Å². The summed E-state index contributed by atoms with van der Waals surface area (Å²) in [7, 11) is 0. The number of amides is 1. The zero-order chi connectivity index (χ0) is 17.8. The third-order valence-electron chi connectivity index (χ3n) is 3.47. The van der Waals surface area contributed by atoms with Crippen LogP contribution in [-0.2, 0) is 17.9 Å². The van der Waals surface area contributed by atoms with Crippen molar-refractivity contribution in [1.29, 1.82) is 0 Å². The first kappa shape index (κ1) is 18.0. The maximum absolute atomic E-state index is 12.0. The fraction of sp³-hybridized carbons (Fsp3) is 0.188. The normalized spacial score (nSPS) is 10.8. The number of halogens is 3. The molecule has 0 spiro atoms. The number of rotatable bonds is 6. The molecule has 0 saturated heterocycles. The van der Waals surface area contributed by atoms with Crippen molar-refractivity contribution in [2.24, 2.45) is 0 Å². The van der Waals surface area contributed by atoms with E-state index in [9.17, 15) is 4.79 Å². The fourth-order valence-electron chi connectivity index (χ4n) is 2.26. The van der Waals surface area contributed by atoms with Gasteiger partial charge in [-0.15, -0.1) is 0 Å². The molecule has 6 nitrogen and oxygen atoms in total. The smallest absolute Gasteiger partial charge is 0.226 e. The van der Waals surface area contributed by atoms with Gasteiger partial charge in [0.2, 0.25) is 5.91 Å². The standard InChI is InChI=1S/C16H14BrCl2N5O/c17-11-6-20-23(8-11)5-4-16(25)22-12-7-21-24(9-12)10-13-14(18)2-1-3-15(13)19/h1-3,6-9H,4-5,10H2,(H,22,25). The Hall–Kier alpha value is -1.83. The van der Waals surface area contributed by atoms with E-state index >= 15 is 0 Å². The minimum atomic E-state index is -0.109. The number of nitrogens with one attached hydrogen (secondary N) is 1. The molecule has 0 aliphatic rings. The highest BCUT2D eigenvalue weighted by Gasteiger charge is 2.09. The van der Waals surface area contributed by atoms with Crippen LogP contribution in [0.15, 0.2) is 47.5 Å². The third kappa shape index (κ3) is 4.84. The number of nitrogens with zero attached hydrogens (tertiary/aromatic N) is 4. The molecule has 1 amide bonds. The number of aryl methyl sites for hydroxylation is 1. The molecule has 0 bridgehead atoms. The molecule has 9 heteroatoms. The van der Waals surface area contributed by atoms with E-state index in [1.54, 1.807) is 46.2 Å². The van der Waals surface area contributed by atoms with Gasteiger partial charge in [-0.1, -0.05) is 29.3 Å². The highest BCUT2D eigenvalue weighted by Crippen LogP contribution is 2.25. The van der Waals surface area contributed by atoms with Gasteiger partial charge in [0, 0.05) is 41.0 Å². The quantitative estimate of drug-likeness (QED) is 0.621. The van der Waals surface area contributed by atoms with Gasteiger partial charge in [-0.25, -0.2) is 0 Å². The van der Waals surface area contributed by atoms with Crippen molar-refractivity contribution < 1.29 is 4.79 Å². The average molecular weight is 443 g/mol. The largest absolute Gasteiger partial charge is 0.323 e. The lowest BCUT2D eigenvalue weighted by Gasteiger charge is -2.06. The van der Waals surface area contributed by atoms with Gasteiger partial charge in [0.05, 0.1) is 29.1 Å². The van der Waals surface area contributed by atoms with E-state index in [1.807, 2.05) is 6.20 Å². The lowest BCUT2D eigenvalue weighted by molar-refractivity contribution is -0.116. The molecule has 25 heavy (non-hydrogen) atoms. The van der Waals surface area contributed by atoms with Crippen LogP contribution >= 0.6 is 39.1 Å². The molecule has 0 unspecified atom stereocenters. The summed E-state index contributed by atoms with van der Waals surface area (Å²) < 4.78 is 4.26. The van der Waals surface area contributed by atoms with Gasteiger partial charge >= 0.3 is 0 Å². The molecule has 2 aromatic heterocycles. The predicted octanol–water partition coefficient (Wildman–Crippen LogP) is 4.23. The molecule has 0 aliphatic heterocycles. The molecule has 0 radical (unpaired) electrons. The lowest BCUT2D eigenvalue weighted by atomic mass is 10.2. The minimum Gasteiger partial charge on any atom is -0.323 e. The van der Waals surface area contributed by atoms with Gasteiger partial charge in [0.1, 0.15) is 0 Å². The van der Waals surface area contributed by atoms with E-state index in [4.69, 9.17) is 23.2 Å². The SMILES string of the molecule is O=C(CCn1cc(Br)cn1)Nc1cnn(Cc2c(Cl)cccc2Cl)c1. The maximum atomic E-state index is 12.0. The predicted molar refractivity (Wildman–Crippen MR) is 101 cm³/mol. The van der Waals surface area contributed by atoms with Gasteiger partial charge in [-0.05, 0) is 28.1 Å². The maximum Gasteiger partial charge on any atom is 0.226 e. The second-order valence-corrected chi connectivity index (χ2v) is 7.08. The number of carbonyl (C=O) groups is 1. The molecular weight excluding hydrogens is 429 g/mol. The summed E-state index contributed by atoms with van der Waals surface area (Å²) in [6, 6.07) is 5.35. The molecule has 2 heterocycles. The topological polar surface area (TPSA) is 64.7 Å². The Balaban J connectivity index is 1.57. The average Bonchev–Trinajstić information content (AvgIpc) is 3.18. The lowest BCUT2D eigenvalue weighted by Crippen LogP contribution is -2.14. The summed E-state index contributed by atoms with van der Waals surface area (Å²) in [5.41, 5.74) is 1.41. The van der Waals surface area contributed by atoms with E-state index in [1.165, 1.54) is 0 Å². The van der Waals surface area contributed by atoms with Crippen LogP contribution in [0.1, 0.15) is 12.0 Å². The molecule has 130 valence electrons. The summed E-state index contributed by atoms with van der Waals surface area (Å²) in [5, 5.41) is 12.3. The molecule has 1 aromatic carbocycles. The summed E-state index contributed by atoms with van der Waals surface area (Å²) >= 11 is 15.6. The number of anilines is 1. The van der Waals surface area contributed by atoms with Crippen molar-refractivity contribution in [2.75, 3.05) is 5.32 Å². The highest BCUT2D eigenvalue weighted by molar-refractivity contribution is 9.10. The second kappa shape index (κ2) is 8.03. The zero-order valence-corrected chi connectivity index (χ0v) is 16.1. The Labute approximate surface area is 162 Å². The molecule has 0 saturated carbocycles. The van der Waals surface area contributed by atoms with Gasteiger partial charge < -0.3 is 5.32 Å². The monoisotopic (exact) mass is 441 g/mol. The Bertz CT molecular complexity index is 872. The molecule has 3 aromatic rings. The van der Waals surface area contributed by atoms with E-state index in [2.05, 4.69) is 31.4 Å². The second-order valence-electron chi connectivity index (χ2n) is 5.35. The molecule has 3 rings (SSSR count). The van der Waals surface area contributed by atoms with Gasteiger partial charge in [-0.3, -0.25) is 14.2 Å². The Morgan fingerprint density at radius 3 is 2.52 bits per heavy atom. The highest BCUT2D eigenvalue weighted by atomic mass is 79.9. The van der Waals surface area contributed by atoms with E-state index in [0.29, 0.717) is 35.2 Å². The molecular formula is C16H14BrCl2N5O. The molecule has 0 atom stereocenters. The first-order valence-electron chi connectivity index (χ1n) is 7.44. The first-order valence-corrected chi connectivity index (χ1v) is 8.99. The molecule has 1 N–H and O–H groups in total. The van der Waals surface area contributed by atoms with Crippen molar-refractivity contribution in [1.82, 2.24) is 19.6 Å². The van der Waals surface area contributed by atoms with Crippen LogP contribution in [0.3, 0.4) is 0 Å². The van der Waals surface area contributed by atoms with Crippen LogP contribution in [0.4, 0.5) is 5.69 Å². The van der Waals surface area contributed by atoms with Crippen molar-refractivity contribution in [3.05, 3.63) is 63.1 Å². The van der Waals surface area contributed by atoms with Crippen molar-refractivity contribution in [3.63, 3.8) is 0 Å². The number of benzene rings is 1. The summed E-state index contributed by atoms with van der Waals surface area (Å²) in [6.07, 6.45) is 7.14. The molecule has 0 aliphatic carbocycles. The summed E-state index contributed by atoms with van der Waals surface area (Å²) in [6.45, 7) is 0.927. The van der Waals surface area contributed by atoms with Crippen molar-refractivity contribution in [2.45, 2.75) is 19.5 Å². The first-order chi connectivity index (χ1) is 12.0. The van der Waals surface area contributed by atoms with Crippen LogP contribution in [0, 0.1) is 0 Å². The third-order valence-corrected chi connectivity index (χ3v) is 4.59. The van der Waals surface area contributed by atoms with E-state index in [0.717, 1.165) is 10.0 Å². The van der Waals surface area contributed by atoms with Crippen LogP contribution in [0.5, 0.6) is 0 Å². The summed E-state index contributed by atoms with van der Waals surface area (Å²) in [4.78, 5) is 12.0. The van der Waals surface area contributed by atoms with E-state index < -0.39 is 0 Å². The number of carbonyl (C=O) groups excluding carboxylic acids is 1. The van der Waals surface area contributed by atoms with Crippen molar-refractivity contribution in [3.8, 4) is 0 Å². The van der Waals surface area contributed by atoms with Crippen molar-refractivity contribution >= 4 is 50.7 Å². The van der Waals surface area contributed by atoms with Crippen LogP contribution < -0.4 is 5.32 Å². The fourth-order valence-corrected chi connectivity index (χ4v) is 3.11. The van der Waals surface area contributed by atoms with E-state index in [-0.39, 0.29) is 5.91 Å². The Morgan fingerprint density at radius 1 is 1.12 bits per heavy atom. The Kier molecular flexibility index (Phi) is 5.78. The van der Waals surface area contributed by atoms with Gasteiger partial charge in [0.15, 0.2) is 0 Å². The van der Waals surface area contributed by atoms with Crippen LogP contribution in [0.2, 0.25) is 10.0 Å². The number of hydrogen-bond donors (Lipinski definition) is 1. The molecule has 0 fully saturated rings. The zero-order valence-electron chi connectivity index (χ0n) is 13.0. The minimum absolute atomic E-state index is 0.109. The number of hydrogen-bond acceptors (Lipinski definition) is 3.